The molecule has 1 heterocycles. The molecule has 0 unspecified atom stereocenters. The molecule has 0 saturated carbocycles. The lowest BCUT2D eigenvalue weighted by Gasteiger charge is -2.31. The number of ether oxygens (including phenoxy) is 1. The Morgan fingerprint density at radius 2 is 1.81 bits per heavy atom. The van der Waals surface area contributed by atoms with Gasteiger partial charge >= 0.3 is 0 Å². The van der Waals surface area contributed by atoms with Gasteiger partial charge < -0.3 is 10.1 Å². The maximum atomic E-state index is 12.5. The monoisotopic (exact) mass is 352 g/mol. The molecule has 0 atom stereocenters. The number of methoxy groups -OCH3 is 1. The summed E-state index contributed by atoms with van der Waals surface area (Å²) in [4.78, 5) is 14.9. The van der Waals surface area contributed by atoms with E-state index in [1.165, 1.54) is 11.1 Å². The Bertz CT molecular complexity index is 719. The second-order valence-corrected chi connectivity index (χ2v) is 7.07. The van der Waals surface area contributed by atoms with Crippen molar-refractivity contribution in [1.82, 2.24) is 10.2 Å². The average Bonchev–Trinajstić information content (AvgIpc) is 2.68. The molecule has 0 aliphatic carbocycles. The molecule has 0 spiro atoms. The number of rotatable bonds is 6. The highest BCUT2D eigenvalue weighted by atomic mass is 16.5. The van der Waals surface area contributed by atoms with E-state index in [2.05, 4.69) is 41.4 Å². The van der Waals surface area contributed by atoms with Crippen molar-refractivity contribution in [2.75, 3.05) is 20.2 Å². The minimum Gasteiger partial charge on any atom is -0.496 e. The first kappa shape index (κ1) is 18.5. The number of aryl methyl sites for hydroxylation is 1. The number of likely N-dealkylation sites (tertiary alicyclic amines) is 1. The van der Waals surface area contributed by atoms with Gasteiger partial charge in [0.05, 0.1) is 7.11 Å². The molecule has 1 fully saturated rings. The van der Waals surface area contributed by atoms with Crippen molar-refractivity contribution in [3.63, 3.8) is 0 Å². The van der Waals surface area contributed by atoms with Gasteiger partial charge in [-0.25, -0.2) is 0 Å². The van der Waals surface area contributed by atoms with Crippen LogP contribution in [0.5, 0.6) is 5.75 Å². The SMILES string of the molecule is COc1ccccc1CNC(=O)C1CCN(Cc2ccc(C)cc2)CC1. The van der Waals surface area contributed by atoms with Crippen molar-refractivity contribution >= 4 is 5.91 Å². The van der Waals surface area contributed by atoms with Crippen LogP contribution in [0.2, 0.25) is 0 Å². The van der Waals surface area contributed by atoms with Crippen LogP contribution in [0.15, 0.2) is 48.5 Å². The number of nitrogens with one attached hydrogen (secondary N) is 1. The summed E-state index contributed by atoms with van der Waals surface area (Å²) >= 11 is 0. The van der Waals surface area contributed by atoms with Gasteiger partial charge in [0.2, 0.25) is 5.91 Å². The third kappa shape index (κ3) is 4.85. The highest BCUT2D eigenvalue weighted by Gasteiger charge is 2.24. The highest BCUT2D eigenvalue weighted by Crippen LogP contribution is 2.21. The lowest BCUT2D eigenvalue weighted by Crippen LogP contribution is -2.40. The number of amides is 1. The third-order valence-corrected chi connectivity index (χ3v) is 5.13. The van der Waals surface area contributed by atoms with E-state index in [4.69, 9.17) is 4.74 Å². The van der Waals surface area contributed by atoms with E-state index >= 15 is 0 Å². The second kappa shape index (κ2) is 8.86. The van der Waals surface area contributed by atoms with Crippen molar-refractivity contribution in [3.05, 3.63) is 65.2 Å². The molecule has 26 heavy (non-hydrogen) atoms. The van der Waals surface area contributed by atoms with Crippen LogP contribution in [-0.2, 0) is 17.9 Å². The predicted octanol–water partition coefficient (Wildman–Crippen LogP) is 3.53. The number of piperidine rings is 1. The van der Waals surface area contributed by atoms with Gasteiger partial charge in [-0.15, -0.1) is 0 Å². The third-order valence-electron chi connectivity index (χ3n) is 5.13. The Hall–Kier alpha value is -2.33. The summed E-state index contributed by atoms with van der Waals surface area (Å²) in [5.74, 6) is 1.09. The molecule has 0 aromatic heterocycles. The number of nitrogens with zero attached hydrogens (tertiary/aromatic N) is 1. The standard InChI is InChI=1S/C22H28N2O2/c1-17-7-9-18(10-8-17)16-24-13-11-19(12-14-24)22(25)23-15-20-5-3-4-6-21(20)26-2/h3-10,19H,11-16H2,1-2H3,(H,23,25). The molecule has 2 aromatic carbocycles. The fraction of sp³-hybridized carbons (Fsp3) is 0.409. The topological polar surface area (TPSA) is 41.6 Å². The summed E-state index contributed by atoms with van der Waals surface area (Å²) in [5.41, 5.74) is 3.65. The normalized spacial score (nSPS) is 15.6. The zero-order valence-electron chi connectivity index (χ0n) is 15.7. The number of carbonyl (C=O) groups excluding carboxylic acids is 1. The zero-order valence-corrected chi connectivity index (χ0v) is 15.7. The number of carbonyl (C=O) groups is 1. The number of para-hydroxylation sites is 1. The Morgan fingerprint density at radius 1 is 1.12 bits per heavy atom. The minimum atomic E-state index is 0.110. The maximum Gasteiger partial charge on any atom is 0.223 e. The summed E-state index contributed by atoms with van der Waals surface area (Å²) in [6.45, 7) is 5.54. The van der Waals surface area contributed by atoms with Gasteiger partial charge in [0, 0.05) is 24.6 Å². The Labute approximate surface area is 156 Å². The van der Waals surface area contributed by atoms with E-state index in [1.54, 1.807) is 7.11 Å². The predicted molar refractivity (Wildman–Crippen MR) is 104 cm³/mol. The molecule has 1 amide bonds. The molecule has 0 bridgehead atoms. The fourth-order valence-electron chi connectivity index (χ4n) is 3.48. The van der Waals surface area contributed by atoms with Crippen LogP contribution >= 0.6 is 0 Å². The fourth-order valence-corrected chi connectivity index (χ4v) is 3.48. The minimum absolute atomic E-state index is 0.110. The van der Waals surface area contributed by atoms with E-state index < -0.39 is 0 Å². The van der Waals surface area contributed by atoms with Gasteiger partial charge in [0.1, 0.15) is 5.75 Å². The van der Waals surface area contributed by atoms with E-state index in [0.29, 0.717) is 6.54 Å². The first-order valence-electron chi connectivity index (χ1n) is 9.33. The summed E-state index contributed by atoms with van der Waals surface area (Å²) in [6, 6.07) is 16.5. The molecule has 1 saturated heterocycles. The Morgan fingerprint density at radius 3 is 2.50 bits per heavy atom. The Balaban J connectivity index is 1.45. The van der Waals surface area contributed by atoms with Crippen LogP contribution in [0.25, 0.3) is 0 Å². The number of hydrogen-bond acceptors (Lipinski definition) is 3. The number of hydrogen-bond donors (Lipinski definition) is 1. The average molecular weight is 352 g/mol. The molecule has 4 heteroatoms. The molecule has 2 aromatic rings. The smallest absolute Gasteiger partial charge is 0.223 e. The molecule has 138 valence electrons. The molecular formula is C22H28N2O2. The maximum absolute atomic E-state index is 12.5. The van der Waals surface area contributed by atoms with Crippen molar-refractivity contribution in [1.29, 1.82) is 0 Å². The lowest BCUT2D eigenvalue weighted by atomic mass is 9.95. The van der Waals surface area contributed by atoms with E-state index in [-0.39, 0.29) is 11.8 Å². The van der Waals surface area contributed by atoms with Crippen molar-refractivity contribution in [2.45, 2.75) is 32.9 Å². The van der Waals surface area contributed by atoms with Gasteiger partial charge in [-0.3, -0.25) is 9.69 Å². The summed E-state index contributed by atoms with van der Waals surface area (Å²) < 4.78 is 5.34. The van der Waals surface area contributed by atoms with Crippen molar-refractivity contribution in [2.24, 2.45) is 5.92 Å². The van der Waals surface area contributed by atoms with Crippen LogP contribution in [-0.4, -0.2) is 31.0 Å². The van der Waals surface area contributed by atoms with Crippen LogP contribution in [0.1, 0.15) is 29.5 Å². The molecule has 0 radical (unpaired) electrons. The summed E-state index contributed by atoms with van der Waals surface area (Å²) in [6.07, 6.45) is 1.84. The van der Waals surface area contributed by atoms with Gasteiger partial charge in [0.15, 0.2) is 0 Å². The lowest BCUT2D eigenvalue weighted by molar-refractivity contribution is -0.126. The van der Waals surface area contributed by atoms with Crippen LogP contribution in [0.4, 0.5) is 0 Å². The molecule has 1 N–H and O–H groups in total. The first-order valence-corrected chi connectivity index (χ1v) is 9.33. The van der Waals surface area contributed by atoms with Crippen LogP contribution < -0.4 is 10.1 Å². The zero-order chi connectivity index (χ0) is 18.4. The van der Waals surface area contributed by atoms with E-state index in [1.807, 2.05) is 24.3 Å². The van der Waals surface area contributed by atoms with Crippen LogP contribution in [0.3, 0.4) is 0 Å². The summed E-state index contributed by atoms with van der Waals surface area (Å²) in [7, 11) is 1.66. The quantitative estimate of drug-likeness (QED) is 0.865. The van der Waals surface area contributed by atoms with Gasteiger partial charge in [-0.1, -0.05) is 48.0 Å². The second-order valence-electron chi connectivity index (χ2n) is 7.07. The summed E-state index contributed by atoms with van der Waals surface area (Å²) in [5, 5.41) is 3.08. The van der Waals surface area contributed by atoms with Gasteiger partial charge in [-0.05, 0) is 44.5 Å². The Kier molecular flexibility index (Phi) is 6.29. The molecule has 3 rings (SSSR count). The van der Waals surface area contributed by atoms with E-state index in [9.17, 15) is 4.79 Å². The van der Waals surface area contributed by atoms with Crippen LogP contribution in [0, 0.1) is 12.8 Å². The molecule has 1 aliphatic rings. The van der Waals surface area contributed by atoms with Crippen molar-refractivity contribution in [3.8, 4) is 5.75 Å². The van der Waals surface area contributed by atoms with E-state index in [0.717, 1.165) is 43.8 Å². The molecule has 4 nitrogen and oxygen atoms in total. The first-order chi connectivity index (χ1) is 12.7. The van der Waals surface area contributed by atoms with Crippen molar-refractivity contribution < 1.29 is 9.53 Å². The molecular weight excluding hydrogens is 324 g/mol. The highest BCUT2D eigenvalue weighted by molar-refractivity contribution is 5.78. The van der Waals surface area contributed by atoms with Gasteiger partial charge in [0.25, 0.3) is 0 Å². The molecule has 1 aliphatic heterocycles. The largest absolute Gasteiger partial charge is 0.496 e. The van der Waals surface area contributed by atoms with Gasteiger partial charge in [-0.2, -0.15) is 0 Å². The number of benzene rings is 2.